The zero-order valence-electron chi connectivity index (χ0n) is 15.1. The number of hydrogen-bond donors (Lipinski definition) is 1. The van der Waals surface area contributed by atoms with E-state index in [1.54, 1.807) is 30.3 Å². The van der Waals surface area contributed by atoms with Crippen LogP contribution in [-0.4, -0.2) is 18.3 Å². The minimum absolute atomic E-state index is 0.154. The fourth-order valence-corrected chi connectivity index (χ4v) is 2.80. The molecule has 2 aromatic carbocycles. The first-order valence-electron chi connectivity index (χ1n) is 8.69. The molecule has 140 valence electrons. The van der Waals surface area contributed by atoms with Crippen molar-refractivity contribution in [3.05, 3.63) is 84.0 Å². The SMILES string of the molecule is Cc1ccc(NC(=O)COc2ccc3occ(C(=O)c4ccco4)c3c2)cc1. The van der Waals surface area contributed by atoms with Crippen molar-refractivity contribution in [2.45, 2.75) is 6.92 Å². The quantitative estimate of drug-likeness (QED) is 0.499. The third-order valence-electron chi connectivity index (χ3n) is 4.24. The summed E-state index contributed by atoms with van der Waals surface area (Å²) in [7, 11) is 0. The number of ketones is 1. The van der Waals surface area contributed by atoms with Gasteiger partial charge in [-0.05, 0) is 49.4 Å². The standard InChI is InChI=1S/C22H17NO5/c1-14-4-6-15(7-5-14)23-21(24)13-27-16-8-9-19-17(11-16)18(12-28-19)22(25)20-3-2-10-26-20/h2-12H,13H2,1H3,(H,23,24). The predicted octanol–water partition coefficient (Wildman–Crippen LogP) is 4.58. The Morgan fingerprint density at radius 1 is 1.04 bits per heavy atom. The first-order valence-corrected chi connectivity index (χ1v) is 8.69. The molecular formula is C22H17NO5. The molecule has 1 amide bonds. The van der Waals surface area contributed by atoms with E-state index in [0.717, 1.165) is 5.56 Å². The van der Waals surface area contributed by atoms with E-state index >= 15 is 0 Å². The van der Waals surface area contributed by atoms with Crippen molar-refractivity contribution < 1.29 is 23.2 Å². The number of carbonyl (C=O) groups is 2. The molecule has 4 rings (SSSR count). The number of fused-ring (bicyclic) bond motifs is 1. The van der Waals surface area contributed by atoms with Crippen molar-refractivity contribution in [1.29, 1.82) is 0 Å². The Morgan fingerprint density at radius 2 is 1.86 bits per heavy atom. The average Bonchev–Trinajstić information content (AvgIpc) is 3.37. The lowest BCUT2D eigenvalue weighted by molar-refractivity contribution is -0.118. The molecule has 6 heteroatoms. The topological polar surface area (TPSA) is 81.7 Å². The van der Waals surface area contributed by atoms with Crippen LogP contribution < -0.4 is 10.1 Å². The maximum Gasteiger partial charge on any atom is 0.262 e. The van der Waals surface area contributed by atoms with Crippen LogP contribution in [0.1, 0.15) is 21.7 Å². The number of benzene rings is 2. The second-order valence-corrected chi connectivity index (χ2v) is 6.32. The molecule has 0 fully saturated rings. The Kier molecular flexibility index (Phi) is 4.68. The van der Waals surface area contributed by atoms with Crippen molar-refractivity contribution in [2.24, 2.45) is 0 Å². The maximum atomic E-state index is 12.5. The summed E-state index contributed by atoms with van der Waals surface area (Å²) < 4.78 is 16.2. The number of carbonyl (C=O) groups excluding carboxylic acids is 2. The Labute approximate surface area is 160 Å². The van der Waals surface area contributed by atoms with Crippen LogP contribution in [0.4, 0.5) is 5.69 Å². The molecule has 6 nitrogen and oxygen atoms in total. The Morgan fingerprint density at radius 3 is 2.61 bits per heavy atom. The van der Waals surface area contributed by atoms with Crippen LogP contribution in [0.3, 0.4) is 0 Å². The number of rotatable bonds is 6. The largest absolute Gasteiger partial charge is 0.484 e. The van der Waals surface area contributed by atoms with Gasteiger partial charge in [0.1, 0.15) is 17.6 Å². The van der Waals surface area contributed by atoms with Gasteiger partial charge in [-0.1, -0.05) is 17.7 Å². The van der Waals surface area contributed by atoms with Gasteiger partial charge in [0.15, 0.2) is 12.4 Å². The molecule has 28 heavy (non-hydrogen) atoms. The molecule has 1 N–H and O–H groups in total. The molecule has 2 aromatic heterocycles. The summed E-state index contributed by atoms with van der Waals surface area (Å²) >= 11 is 0. The highest BCUT2D eigenvalue weighted by molar-refractivity contribution is 6.14. The van der Waals surface area contributed by atoms with E-state index < -0.39 is 0 Å². The van der Waals surface area contributed by atoms with Gasteiger partial charge in [-0.2, -0.15) is 0 Å². The molecule has 0 aliphatic carbocycles. The second-order valence-electron chi connectivity index (χ2n) is 6.32. The van der Waals surface area contributed by atoms with Crippen LogP contribution in [0.25, 0.3) is 11.0 Å². The number of amides is 1. The molecule has 0 aliphatic rings. The smallest absolute Gasteiger partial charge is 0.262 e. The summed E-state index contributed by atoms with van der Waals surface area (Å²) in [6.07, 6.45) is 2.83. The number of anilines is 1. The van der Waals surface area contributed by atoms with Crippen molar-refractivity contribution >= 4 is 28.3 Å². The summed E-state index contributed by atoms with van der Waals surface area (Å²) in [5.41, 5.74) is 2.74. The third kappa shape index (κ3) is 3.66. The highest BCUT2D eigenvalue weighted by Crippen LogP contribution is 2.27. The van der Waals surface area contributed by atoms with E-state index in [2.05, 4.69) is 5.32 Å². The fraction of sp³-hybridized carbons (Fsp3) is 0.0909. The Balaban J connectivity index is 1.47. The van der Waals surface area contributed by atoms with Crippen molar-refractivity contribution in [3.63, 3.8) is 0 Å². The van der Waals surface area contributed by atoms with Crippen molar-refractivity contribution in [3.8, 4) is 5.75 Å². The number of aryl methyl sites for hydroxylation is 1. The third-order valence-corrected chi connectivity index (χ3v) is 4.24. The van der Waals surface area contributed by atoms with Crippen LogP contribution in [0.15, 0.2) is 76.0 Å². The molecular weight excluding hydrogens is 358 g/mol. The molecule has 0 aliphatic heterocycles. The van der Waals surface area contributed by atoms with E-state index in [-0.39, 0.29) is 24.1 Å². The van der Waals surface area contributed by atoms with E-state index in [4.69, 9.17) is 13.6 Å². The van der Waals surface area contributed by atoms with Crippen molar-refractivity contribution in [1.82, 2.24) is 0 Å². The predicted molar refractivity (Wildman–Crippen MR) is 104 cm³/mol. The summed E-state index contributed by atoms with van der Waals surface area (Å²) in [6.45, 7) is 1.82. The van der Waals surface area contributed by atoms with Gasteiger partial charge >= 0.3 is 0 Å². The fourth-order valence-electron chi connectivity index (χ4n) is 2.80. The molecule has 0 bridgehead atoms. The molecule has 4 aromatic rings. The molecule has 0 unspecified atom stereocenters. The summed E-state index contributed by atoms with van der Waals surface area (Å²) in [4.78, 5) is 24.6. The monoisotopic (exact) mass is 375 g/mol. The highest BCUT2D eigenvalue weighted by atomic mass is 16.5. The number of nitrogens with one attached hydrogen (secondary N) is 1. The second kappa shape index (κ2) is 7.44. The number of hydrogen-bond acceptors (Lipinski definition) is 5. The zero-order valence-corrected chi connectivity index (χ0v) is 15.1. The molecule has 0 saturated heterocycles. The Hall–Kier alpha value is -3.80. The van der Waals surface area contributed by atoms with Gasteiger partial charge in [0, 0.05) is 11.1 Å². The first-order chi connectivity index (χ1) is 13.6. The summed E-state index contributed by atoms with van der Waals surface area (Å²) in [6, 6.07) is 15.8. The number of furan rings is 2. The van der Waals surface area contributed by atoms with Crippen LogP contribution in [0.5, 0.6) is 5.75 Å². The number of ether oxygens (including phenoxy) is 1. The van der Waals surface area contributed by atoms with Crippen LogP contribution in [0.2, 0.25) is 0 Å². The Bertz CT molecular complexity index is 1120. The van der Waals surface area contributed by atoms with Crippen molar-refractivity contribution in [2.75, 3.05) is 11.9 Å². The van der Waals surface area contributed by atoms with Gasteiger partial charge in [0.2, 0.25) is 5.78 Å². The minimum Gasteiger partial charge on any atom is -0.484 e. The van der Waals surface area contributed by atoms with Gasteiger partial charge in [0.25, 0.3) is 5.91 Å². The lowest BCUT2D eigenvalue weighted by Gasteiger charge is -2.08. The molecule has 0 atom stereocenters. The van der Waals surface area contributed by atoms with Gasteiger partial charge in [-0.25, -0.2) is 0 Å². The zero-order chi connectivity index (χ0) is 19.5. The average molecular weight is 375 g/mol. The van der Waals surface area contributed by atoms with E-state index in [1.165, 1.54) is 12.5 Å². The lowest BCUT2D eigenvalue weighted by atomic mass is 10.1. The van der Waals surface area contributed by atoms with Crippen LogP contribution in [0, 0.1) is 6.92 Å². The molecule has 2 heterocycles. The normalized spacial score (nSPS) is 10.8. The highest BCUT2D eigenvalue weighted by Gasteiger charge is 2.18. The van der Waals surface area contributed by atoms with Gasteiger partial charge in [-0.15, -0.1) is 0 Å². The van der Waals surface area contributed by atoms with Gasteiger partial charge in [-0.3, -0.25) is 9.59 Å². The molecule has 0 radical (unpaired) electrons. The summed E-state index contributed by atoms with van der Waals surface area (Å²) in [5.74, 6) is 0.133. The first kappa shape index (κ1) is 17.6. The minimum atomic E-state index is -0.280. The van der Waals surface area contributed by atoms with Gasteiger partial charge < -0.3 is 18.9 Å². The summed E-state index contributed by atoms with van der Waals surface area (Å²) in [5, 5.41) is 3.37. The van der Waals surface area contributed by atoms with Crippen LogP contribution in [-0.2, 0) is 4.79 Å². The lowest BCUT2D eigenvalue weighted by Crippen LogP contribution is -2.20. The van der Waals surface area contributed by atoms with E-state index in [9.17, 15) is 9.59 Å². The van der Waals surface area contributed by atoms with E-state index in [0.29, 0.717) is 28.0 Å². The van der Waals surface area contributed by atoms with Gasteiger partial charge in [0.05, 0.1) is 11.8 Å². The molecule has 0 saturated carbocycles. The van der Waals surface area contributed by atoms with Crippen LogP contribution >= 0.6 is 0 Å². The molecule has 0 spiro atoms. The van der Waals surface area contributed by atoms with E-state index in [1.807, 2.05) is 31.2 Å². The maximum absolute atomic E-state index is 12.5.